The van der Waals surface area contributed by atoms with Crippen LogP contribution in [-0.4, -0.2) is 88.4 Å². The topological polar surface area (TPSA) is 179 Å². The highest BCUT2D eigenvalue weighted by atomic mass is 16.5. The van der Waals surface area contributed by atoms with Crippen LogP contribution in [0.15, 0.2) is 35.5 Å². The number of aromatic nitrogens is 1. The van der Waals surface area contributed by atoms with E-state index in [0.717, 1.165) is 5.39 Å². The first-order chi connectivity index (χ1) is 19.5. The first-order valence-corrected chi connectivity index (χ1v) is 13.3. The van der Waals surface area contributed by atoms with Crippen molar-refractivity contribution in [3.8, 4) is 11.5 Å². The van der Waals surface area contributed by atoms with Crippen molar-refractivity contribution in [1.29, 1.82) is 0 Å². The number of carbonyl (C=O) groups is 4. The van der Waals surface area contributed by atoms with Crippen LogP contribution in [-0.2, 0) is 14.4 Å². The average molecular weight is 570 g/mol. The van der Waals surface area contributed by atoms with Crippen LogP contribution < -0.4 is 25.4 Å². The Morgan fingerprint density at radius 3 is 2.51 bits per heavy atom. The fourth-order valence-corrected chi connectivity index (χ4v) is 4.74. The molecule has 1 aliphatic carbocycles. The summed E-state index contributed by atoms with van der Waals surface area (Å²) in [5.41, 5.74) is 0.507. The molecular weight excluding hydrogens is 534 g/mol. The smallest absolute Gasteiger partial charge is 0.329 e. The molecule has 5 N–H and O–H groups in total. The molecule has 0 unspecified atom stereocenters. The van der Waals surface area contributed by atoms with E-state index in [1.807, 2.05) is 13.0 Å². The molecule has 2 heterocycles. The minimum atomic E-state index is -1.34. The van der Waals surface area contributed by atoms with Gasteiger partial charge in [0.2, 0.25) is 5.91 Å². The molecule has 1 saturated carbocycles. The molecule has 1 aromatic carbocycles. The van der Waals surface area contributed by atoms with E-state index in [2.05, 4.69) is 20.9 Å². The van der Waals surface area contributed by atoms with Gasteiger partial charge in [0.15, 0.2) is 0 Å². The first kappa shape index (κ1) is 29.6. The summed E-state index contributed by atoms with van der Waals surface area (Å²) >= 11 is 0. The van der Waals surface area contributed by atoms with E-state index >= 15 is 0 Å². The lowest BCUT2D eigenvalue weighted by Gasteiger charge is -2.26. The zero-order chi connectivity index (χ0) is 29.9. The average Bonchev–Trinajstić information content (AvgIpc) is 3.59. The zero-order valence-electron chi connectivity index (χ0n) is 23.4. The first-order valence-electron chi connectivity index (χ1n) is 13.3. The molecule has 2 aromatic rings. The predicted molar refractivity (Wildman–Crippen MR) is 147 cm³/mol. The van der Waals surface area contributed by atoms with E-state index in [0.29, 0.717) is 41.1 Å². The van der Waals surface area contributed by atoms with Crippen LogP contribution in [0.3, 0.4) is 0 Å². The number of carbonyl (C=O) groups excluding carboxylic acids is 3. The van der Waals surface area contributed by atoms with Crippen LogP contribution in [0.5, 0.6) is 11.5 Å². The Labute approximate surface area is 236 Å². The fraction of sp³-hybridized carbons (Fsp3) is 0.464. The minimum absolute atomic E-state index is 0.00139. The van der Waals surface area contributed by atoms with Gasteiger partial charge in [-0.05, 0) is 51.3 Å². The van der Waals surface area contributed by atoms with Gasteiger partial charge in [0, 0.05) is 36.2 Å². The number of pyridine rings is 1. The summed E-state index contributed by atoms with van der Waals surface area (Å²) in [6.07, 6.45) is 0.0634. The second kappa shape index (κ2) is 12.0. The number of aliphatic carboxylic acids is 1. The summed E-state index contributed by atoms with van der Waals surface area (Å²) in [6.45, 7) is 4.83. The van der Waals surface area contributed by atoms with Gasteiger partial charge in [-0.3, -0.25) is 14.6 Å². The van der Waals surface area contributed by atoms with E-state index in [4.69, 9.17) is 14.6 Å². The van der Waals surface area contributed by atoms with Crippen molar-refractivity contribution < 1.29 is 38.9 Å². The Bertz CT molecular complexity index is 1400. The molecule has 220 valence electrons. The van der Waals surface area contributed by atoms with E-state index in [9.17, 15) is 24.3 Å². The third kappa shape index (κ3) is 6.51. The summed E-state index contributed by atoms with van der Waals surface area (Å²) in [7, 11) is 1.56. The molecule has 0 bridgehead atoms. The lowest BCUT2D eigenvalue weighted by molar-refractivity contribution is -0.143. The van der Waals surface area contributed by atoms with Gasteiger partial charge >= 0.3 is 12.0 Å². The maximum Gasteiger partial charge on any atom is 0.329 e. The number of methoxy groups -OCH3 is 1. The van der Waals surface area contributed by atoms with Crippen molar-refractivity contribution in [2.24, 2.45) is 0 Å². The number of carboxylic acids is 1. The van der Waals surface area contributed by atoms with Gasteiger partial charge in [-0.2, -0.15) is 0 Å². The number of aliphatic hydroxyl groups excluding tert-OH is 1. The van der Waals surface area contributed by atoms with Crippen LogP contribution in [0.4, 0.5) is 4.79 Å². The maximum absolute atomic E-state index is 13.5. The van der Waals surface area contributed by atoms with Crippen LogP contribution in [0, 0.1) is 6.92 Å². The Balaban J connectivity index is 1.60. The Morgan fingerprint density at radius 2 is 1.90 bits per heavy atom. The van der Waals surface area contributed by atoms with Crippen molar-refractivity contribution in [3.05, 3.63) is 41.2 Å². The highest BCUT2D eigenvalue weighted by Gasteiger charge is 2.53. The van der Waals surface area contributed by atoms with Gasteiger partial charge in [0.25, 0.3) is 5.91 Å². The maximum atomic E-state index is 13.5. The van der Waals surface area contributed by atoms with Gasteiger partial charge in [-0.1, -0.05) is 0 Å². The number of ether oxygens (including phenoxy) is 2. The SMILES string of the molecule is COc1ccc2c(O[C@@H]3C[C@@H](C(=O)NC4(C(=O)O)CC4)N(C(=O)NC(C(=O)NCCO)=C(C)C)C3)cc(C)nc2c1. The van der Waals surface area contributed by atoms with E-state index in [1.54, 1.807) is 39.2 Å². The highest BCUT2D eigenvalue weighted by Crippen LogP contribution is 2.37. The van der Waals surface area contributed by atoms with Gasteiger partial charge < -0.3 is 40.5 Å². The van der Waals surface area contributed by atoms with E-state index < -0.39 is 41.5 Å². The van der Waals surface area contributed by atoms with Gasteiger partial charge in [-0.25, -0.2) is 9.59 Å². The van der Waals surface area contributed by atoms with Crippen molar-refractivity contribution in [2.45, 2.75) is 57.7 Å². The number of fused-ring (bicyclic) bond motifs is 1. The molecular formula is C28H35N5O8. The van der Waals surface area contributed by atoms with Crippen LogP contribution in [0.2, 0.25) is 0 Å². The molecule has 13 heteroatoms. The molecule has 4 rings (SSSR count). The van der Waals surface area contributed by atoms with Crippen LogP contribution in [0.1, 0.15) is 38.8 Å². The molecule has 4 amide bonds. The Kier molecular flexibility index (Phi) is 8.66. The number of nitrogens with zero attached hydrogens (tertiary/aromatic N) is 2. The molecule has 1 aliphatic heterocycles. The predicted octanol–water partition coefficient (Wildman–Crippen LogP) is 1.22. The molecule has 1 aromatic heterocycles. The number of nitrogens with one attached hydrogen (secondary N) is 3. The van der Waals surface area contributed by atoms with Crippen molar-refractivity contribution in [2.75, 3.05) is 26.8 Å². The summed E-state index contributed by atoms with van der Waals surface area (Å²) in [5, 5.41) is 27.0. The summed E-state index contributed by atoms with van der Waals surface area (Å²) in [4.78, 5) is 56.9. The van der Waals surface area contributed by atoms with Gasteiger partial charge in [-0.15, -0.1) is 0 Å². The van der Waals surface area contributed by atoms with E-state index in [1.165, 1.54) is 4.90 Å². The standard InChI is InChI=1S/C28H35N5O8/c1-15(2)23(25(36)29-9-10-34)31-27(39)33-14-18(13-21(33)24(35)32-28(7-8-28)26(37)38)41-22-11-16(3)30-20-12-17(40-4)5-6-19(20)22/h5-6,11-12,18,21,34H,7-10,13-14H2,1-4H3,(H,29,36)(H,31,39)(H,32,35)(H,37,38)/t18-,21+/m1/s1. The molecule has 2 fully saturated rings. The van der Waals surface area contributed by atoms with Gasteiger partial charge in [0.1, 0.15) is 34.9 Å². The monoisotopic (exact) mass is 569 g/mol. The number of aliphatic hydroxyl groups is 1. The minimum Gasteiger partial charge on any atom is -0.497 e. The summed E-state index contributed by atoms with van der Waals surface area (Å²) in [5.74, 6) is -1.19. The second-order valence-electron chi connectivity index (χ2n) is 10.4. The number of hydrogen-bond acceptors (Lipinski definition) is 8. The molecule has 13 nitrogen and oxygen atoms in total. The van der Waals surface area contributed by atoms with E-state index in [-0.39, 0.29) is 31.8 Å². The lowest BCUT2D eigenvalue weighted by Crippen LogP contribution is -2.54. The molecule has 41 heavy (non-hydrogen) atoms. The molecule has 0 spiro atoms. The molecule has 2 aliphatic rings. The number of likely N-dealkylation sites (tertiary alicyclic amines) is 1. The summed E-state index contributed by atoms with van der Waals surface area (Å²) in [6, 6.07) is 5.38. The number of urea groups is 1. The molecule has 0 radical (unpaired) electrons. The lowest BCUT2D eigenvalue weighted by atomic mass is 10.1. The number of amides is 4. The number of rotatable bonds is 10. The highest BCUT2D eigenvalue weighted by molar-refractivity contribution is 5.99. The summed E-state index contributed by atoms with van der Waals surface area (Å²) < 4.78 is 11.6. The van der Waals surface area contributed by atoms with Crippen molar-refractivity contribution in [3.63, 3.8) is 0 Å². The third-order valence-corrected chi connectivity index (χ3v) is 7.11. The van der Waals surface area contributed by atoms with Crippen LogP contribution >= 0.6 is 0 Å². The largest absolute Gasteiger partial charge is 0.497 e. The molecule has 1 saturated heterocycles. The van der Waals surface area contributed by atoms with Crippen LogP contribution in [0.25, 0.3) is 10.9 Å². The number of carboxylic acid groups (broad SMARTS) is 1. The van der Waals surface area contributed by atoms with Crippen molar-refractivity contribution in [1.82, 2.24) is 25.8 Å². The van der Waals surface area contributed by atoms with Crippen molar-refractivity contribution >= 4 is 34.7 Å². The Morgan fingerprint density at radius 1 is 1.17 bits per heavy atom. The number of benzene rings is 1. The number of allylic oxidation sites excluding steroid dienone is 1. The number of hydrogen-bond donors (Lipinski definition) is 5. The fourth-order valence-electron chi connectivity index (χ4n) is 4.74. The third-order valence-electron chi connectivity index (χ3n) is 7.11. The quantitative estimate of drug-likeness (QED) is 0.263. The zero-order valence-corrected chi connectivity index (χ0v) is 23.4. The molecule has 2 atom stereocenters. The second-order valence-corrected chi connectivity index (χ2v) is 10.4. The Hall–Kier alpha value is -4.39. The number of aryl methyl sites for hydroxylation is 1. The van der Waals surface area contributed by atoms with Gasteiger partial charge in [0.05, 0.1) is 25.8 Å². The normalized spacial score (nSPS) is 18.8.